The van der Waals surface area contributed by atoms with E-state index < -0.39 is 0 Å². The first-order chi connectivity index (χ1) is 6.27. The standard InChI is InChI=1S/C9H8BrN3/c10-8-6-7(11)2-3-9(8)13-5-1-4-12-13/h1-6H,11H2. The molecular weight excluding hydrogens is 230 g/mol. The van der Waals surface area contributed by atoms with Crippen LogP contribution in [0.15, 0.2) is 41.1 Å². The predicted octanol–water partition coefficient (Wildman–Crippen LogP) is 2.22. The summed E-state index contributed by atoms with van der Waals surface area (Å²) in [5, 5.41) is 4.12. The number of anilines is 1. The lowest BCUT2D eigenvalue weighted by Crippen LogP contribution is -1.96. The summed E-state index contributed by atoms with van der Waals surface area (Å²) in [5.74, 6) is 0. The van der Waals surface area contributed by atoms with E-state index in [2.05, 4.69) is 21.0 Å². The Hall–Kier alpha value is -1.29. The Balaban J connectivity index is 2.53. The highest BCUT2D eigenvalue weighted by molar-refractivity contribution is 9.10. The van der Waals surface area contributed by atoms with Gasteiger partial charge >= 0.3 is 0 Å². The van der Waals surface area contributed by atoms with E-state index >= 15 is 0 Å². The molecule has 0 spiro atoms. The zero-order chi connectivity index (χ0) is 9.26. The summed E-state index contributed by atoms with van der Waals surface area (Å²) in [6, 6.07) is 7.51. The van der Waals surface area contributed by atoms with Crippen molar-refractivity contribution in [3.05, 3.63) is 41.1 Å². The van der Waals surface area contributed by atoms with E-state index in [1.54, 1.807) is 10.9 Å². The van der Waals surface area contributed by atoms with Crippen LogP contribution in [0.4, 0.5) is 5.69 Å². The van der Waals surface area contributed by atoms with Gasteiger partial charge in [-0.25, -0.2) is 4.68 Å². The number of halogens is 1. The molecule has 2 aromatic rings. The van der Waals surface area contributed by atoms with Gasteiger partial charge in [-0.3, -0.25) is 0 Å². The monoisotopic (exact) mass is 237 g/mol. The number of aromatic nitrogens is 2. The van der Waals surface area contributed by atoms with E-state index in [9.17, 15) is 0 Å². The lowest BCUT2D eigenvalue weighted by molar-refractivity contribution is 0.876. The molecule has 2 N–H and O–H groups in total. The number of nitrogen functional groups attached to an aromatic ring is 1. The number of hydrogen-bond donors (Lipinski definition) is 1. The van der Waals surface area contributed by atoms with Crippen LogP contribution < -0.4 is 5.73 Å². The Morgan fingerprint density at radius 2 is 2.23 bits per heavy atom. The third kappa shape index (κ3) is 1.58. The highest BCUT2D eigenvalue weighted by Crippen LogP contribution is 2.22. The van der Waals surface area contributed by atoms with Crippen molar-refractivity contribution in [2.24, 2.45) is 0 Å². The van der Waals surface area contributed by atoms with Crippen LogP contribution in [-0.2, 0) is 0 Å². The molecule has 0 unspecified atom stereocenters. The smallest absolute Gasteiger partial charge is 0.0789 e. The third-order valence-electron chi connectivity index (χ3n) is 1.72. The molecule has 0 aliphatic rings. The molecule has 0 fully saturated rings. The van der Waals surface area contributed by atoms with E-state index in [0.29, 0.717) is 0 Å². The van der Waals surface area contributed by atoms with Crippen molar-refractivity contribution in [1.29, 1.82) is 0 Å². The lowest BCUT2D eigenvalue weighted by Gasteiger charge is -2.04. The number of nitrogens with two attached hydrogens (primary N) is 1. The van der Waals surface area contributed by atoms with Crippen molar-refractivity contribution in [3.63, 3.8) is 0 Å². The van der Waals surface area contributed by atoms with Crippen LogP contribution in [0.25, 0.3) is 5.69 Å². The summed E-state index contributed by atoms with van der Waals surface area (Å²) in [6.45, 7) is 0. The molecule has 0 saturated heterocycles. The number of nitrogens with zero attached hydrogens (tertiary/aromatic N) is 2. The van der Waals surface area contributed by atoms with Crippen LogP contribution in [0.1, 0.15) is 0 Å². The second-order valence-electron chi connectivity index (χ2n) is 2.66. The number of benzene rings is 1. The highest BCUT2D eigenvalue weighted by atomic mass is 79.9. The maximum atomic E-state index is 5.62. The normalized spacial score (nSPS) is 10.2. The van der Waals surface area contributed by atoms with Gasteiger partial charge in [0.2, 0.25) is 0 Å². The van der Waals surface area contributed by atoms with Gasteiger partial charge in [0.05, 0.1) is 5.69 Å². The predicted molar refractivity (Wildman–Crippen MR) is 55.7 cm³/mol. The van der Waals surface area contributed by atoms with E-state index in [-0.39, 0.29) is 0 Å². The van der Waals surface area contributed by atoms with Gasteiger partial charge in [-0.15, -0.1) is 0 Å². The zero-order valence-corrected chi connectivity index (χ0v) is 8.40. The summed E-state index contributed by atoms with van der Waals surface area (Å²) in [4.78, 5) is 0. The Kier molecular flexibility index (Phi) is 2.06. The van der Waals surface area contributed by atoms with E-state index in [0.717, 1.165) is 15.8 Å². The fraction of sp³-hybridized carbons (Fsp3) is 0. The van der Waals surface area contributed by atoms with Crippen molar-refractivity contribution in [2.75, 3.05) is 5.73 Å². The second-order valence-corrected chi connectivity index (χ2v) is 3.52. The third-order valence-corrected chi connectivity index (χ3v) is 2.36. The van der Waals surface area contributed by atoms with Crippen LogP contribution in [0.3, 0.4) is 0 Å². The summed E-state index contributed by atoms with van der Waals surface area (Å²) >= 11 is 3.43. The Labute approximate surface area is 84.3 Å². The van der Waals surface area contributed by atoms with Gasteiger partial charge in [0.1, 0.15) is 0 Å². The van der Waals surface area contributed by atoms with E-state index in [1.807, 2.05) is 30.5 Å². The average molecular weight is 238 g/mol. The number of rotatable bonds is 1. The molecule has 0 aliphatic heterocycles. The fourth-order valence-corrected chi connectivity index (χ4v) is 1.70. The molecule has 4 heteroatoms. The maximum absolute atomic E-state index is 5.62. The summed E-state index contributed by atoms with van der Waals surface area (Å²) in [5.41, 5.74) is 7.35. The summed E-state index contributed by atoms with van der Waals surface area (Å²) in [7, 11) is 0. The van der Waals surface area contributed by atoms with Gasteiger partial charge in [0.25, 0.3) is 0 Å². The van der Waals surface area contributed by atoms with Crippen LogP contribution in [-0.4, -0.2) is 9.78 Å². The van der Waals surface area contributed by atoms with Gasteiger partial charge in [0.15, 0.2) is 0 Å². The largest absolute Gasteiger partial charge is 0.399 e. The maximum Gasteiger partial charge on any atom is 0.0789 e. The van der Waals surface area contributed by atoms with Crippen LogP contribution >= 0.6 is 15.9 Å². The molecule has 13 heavy (non-hydrogen) atoms. The Bertz CT molecular complexity index is 409. The zero-order valence-electron chi connectivity index (χ0n) is 6.81. The molecule has 0 saturated carbocycles. The topological polar surface area (TPSA) is 43.8 Å². The van der Waals surface area contributed by atoms with Crippen molar-refractivity contribution < 1.29 is 0 Å². The molecule has 1 aromatic heterocycles. The molecule has 3 nitrogen and oxygen atoms in total. The highest BCUT2D eigenvalue weighted by Gasteiger charge is 2.01. The quantitative estimate of drug-likeness (QED) is 0.774. The van der Waals surface area contributed by atoms with E-state index in [4.69, 9.17) is 5.73 Å². The van der Waals surface area contributed by atoms with Crippen molar-refractivity contribution >= 4 is 21.6 Å². The first-order valence-electron chi connectivity index (χ1n) is 3.82. The van der Waals surface area contributed by atoms with Gasteiger partial charge < -0.3 is 5.73 Å². The van der Waals surface area contributed by atoms with Crippen molar-refractivity contribution in [3.8, 4) is 5.69 Å². The molecule has 2 rings (SSSR count). The Morgan fingerprint density at radius 3 is 2.85 bits per heavy atom. The second kappa shape index (κ2) is 3.22. The first kappa shape index (κ1) is 8.31. The molecule has 0 bridgehead atoms. The van der Waals surface area contributed by atoms with Crippen LogP contribution in [0, 0.1) is 0 Å². The molecular formula is C9H8BrN3. The van der Waals surface area contributed by atoms with Gasteiger partial charge in [-0.1, -0.05) is 0 Å². The van der Waals surface area contributed by atoms with Gasteiger partial charge in [0, 0.05) is 22.6 Å². The summed E-state index contributed by atoms with van der Waals surface area (Å²) < 4.78 is 2.72. The average Bonchev–Trinajstić information content (AvgIpc) is 2.56. The van der Waals surface area contributed by atoms with Crippen LogP contribution in [0.2, 0.25) is 0 Å². The molecule has 0 amide bonds. The van der Waals surface area contributed by atoms with Crippen LogP contribution in [0.5, 0.6) is 0 Å². The molecule has 1 heterocycles. The van der Waals surface area contributed by atoms with Gasteiger partial charge in [-0.2, -0.15) is 5.10 Å². The number of hydrogen-bond acceptors (Lipinski definition) is 2. The molecule has 1 aromatic carbocycles. The molecule has 66 valence electrons. The van der Waals surface area contributed by atoms with E-state index in [1.165, 1.54) is 0 Å². The molecule has 0 atom stereocenters. The van der Waals surface area contributed by atoms with Crippen molar-refractivity contribution in [2.45, 2.75) is 0 Å². The van der Waals surface area contributed by atoms with Gasteiger partial charge in [-0.05, 0) is 40.2 Å². The molecule has 0 radical (unpaired) electrons. The summed E-state index contributed by atoms with van der Waals surface area (Å²) in [6.07, 6.45) is 3.62. The SMILES string of the molecule is Nc1ccc(-n2cccn2)c(Br)c1. The minimum Gasteiger partial charge on any atom is -0.399 e. The van der Waals surface area contributed by atoms with Crippen molar-refractivity contribution in [1.82, 2.24) is 9.78 Å². The minimum absolute atomic E-state index is 0.739. The fourth-order valence-electron chi connectivity index (χ4n) is 1.12. The molecule has 0 aliphatic carbocycles. The first-order valence-corrected chi connectivity index (χ1v) is 4.62. The lowest BCUT2D eigenvalue weighted by atomic mass is 10.3. The Morgan fingerprint density at radius 1 is 1.38 bits per heavy atom. The minimum atomic E-state index is 0.739.